The SMILES string of the molecule is CC[C@@H](C)[C@@H](NC(=O)COc1ccc(-c2ccccc2)cc1)C(=O)OC. The van der Waals surface area contributed by atoms with E-state index in [2.05, 4.69) is 5.32 Å². The fourth-order valence-electron chi connectivity index (χ4n) is 2.53. The molecule has 26 heavy (non-hydrogen) atoms. The van der Waals surface area contributed by atoms with Crippen LogP contribution in [0.5, 0.6) is 5.75 Å². The van der Waals surface area contributed by atoms with E-state index >= 15 is 0 Å². The number of ether oxygens (including phenoxy) is 2. The first-order valence-corrected chi connectivity index (χ1v) is 8.70. The van der Waals surface area contributed by atoms with Crippen LogP contribution in [0.15, 0.2) is 54.6 Å². The Morgan fingerprint density at radius 2 is 1.62 bits per heavy atom. The van der Waals surface area contributed by atoms with Crippen molar-refractivity contribution in [3.63, 3.8) is 0 Å². The molecule has 0 radical (unpaired) electrons. The predicted molar refractivity (Wildman–Crippen MR) is 101 cm³/mol. The molecule has 0 saturated heterocycles. The maximum Gasteiger partial charge on any atom is 0.328 e. The van der Waals surface area contributed by atoms with Gasteiger partial charge in [-0.2, -0.15) is 0 Å². The summed E-state index contributed by atoms with van der Waals surface area (Å²) < 4.78 is 10.3. The van der Waals surface area contributed by atoms with Gasteiger partial charge in [0.1, 0.15) is 11.8 Å². The van der Waals surface area contributed by atoms with Gasteiger partial charge in [-0.25, -0.2) is 4.79 Å². The third-order valence-corrected chi connectivity index (χ3v) is 4.32. The van der Waals surface area contributed by atoms with Crippen molar-refractivity contribution in [3.8, 4) is 16.9 Å². The molecule has 138 valence electrons. The van der Waals surface area contributed by atoms with Crippen LogP contribution in [-0.2, 0) is 14.3 Å². The van der Waals surface area contributed by atoms with E-state index in [4.69, 9.17) is 9.47 Å². The van der Waals surface area contributed by atoms with Crippen LogP contribution in [0.2, 0.25) is 0 Å². The summed E-state index contributed by atoms with van der Waals surface area (Å²) in [4.78, 5) is 23.9. The fourth-order valence-corrected chi connectivity index (χ4v) is 2.53. The van der Waals surface area contributed by atoms with E-state index in [9.17, 15) is 9.59 Å². The Labute approximate surface area is 154 Å². The third-order valence-electron chi connectivity index (χ3n) is 4.32. The molecule has 5 nitrogen and oxygen atoms in total. The average molecular weight is 355 g/mol. The first kappa shape index (κ1) is 19.5. The zero-order valence-electron chi connectivity index (χ0n) is 15.4. The highest BCUT2D eigenvalue weighted by Gasteiger charge is 2.26. The van der Waals surface area contributed by atoms with Crippen molar-refractivity contribution in [2.45, 2.75) is 26.3 Å². The molecule has 0 fully saturated rings. The van der Waals surface area contributed by atoms with Gasteiger partial charge in [-0.1, -0.05) is 62.7 Å². The highest BCUT2D eigenvalue weighted by molar-refractivity contribution is 5.85. The highest BCUT2D eigenvalue weighted by atomic mass is 16.5. The monoisotopic (exact) mass is 355 g/mol. The van der Waals surface area contributed by atoms with E-state index in [0.29, 0.717) is 5.75 Å². The zero-order chi connectivity index (χ0) is 18.9. The van der Waals surface area contributed by atoms with Crippen LogP contribution in [0.1, 0.15) is 20.3 Å². The molecule has 0 spiro atoms. The number of hydrogen-bond acceptors (Lipinski definition) is 4. The smallest absolute Gasteiger partial charge is 0.328 e. The zero-order valence-corrected chi connectivity index (χ0v) is 15.4. The summed E-state index contributed by atoms with van der Waals surface area (Å²) in [7, 11) is 1.31. The van der Waals surface area contributed by atoms with E-state index in [1.54, 1.807) is 0 Å². The average Bonchev–Trinajstić information content (AvgIpc) is 2.70. The molecule has 2 atom stereocenters. The summed E-state index contributed by atoms with van der Waals surface area (Å²) in [5.74, 6) is -0.220. The van der Waals surface area contributed by atoms with Gasteiger partial charge < -0.3 is 14.8 Å². The quantitative estimate of drug-likeness (QED) is 0.737. The summed E-state index contributed by atoms with van der Waals surface area (Å²) in [6, 6.07) is 16.9. The lowest BCUT2D eigenvalue weighted by molar-refractivity contribution is -0.146. The number of methoxy groups -OCH3 is 1. The lowest BCUT2D eigenvalue weighted by atomic mass is 9.99. The molecule has 1 amide bonds. The number of rotatable bonds is 8. The normalized spacial score (nSPS) is 12.7. The molecule has 0 aliphatic carbocycles. The van der Waals surface area contributed by atoms with Gasteiger partial charge in [-0.05, 0) is 29.2 Å². The molecule has 5 heteroatoms. The highest BCUT2D eigenvalue weighted by Crippen LogP contribution is 2.22. The predicted octanol–water partition coefficient (Wildman–Crippen LogP) is 3.44. The molecular formula is C21H25NO4. The Balaban J connectivity index is 1.91. The van der Waals surface area contributed by atoms with Crippen LogP contribution < -0.4 is 10.1 Å². The van der Waals surface area contributed by atoms with Crippen LogP contribution in [0.25, 0.3) is 11.1 Å². The van der Waals surface area contributed by atoms with Crippen LogP contribution in [-0.4, -0.2) is 31.6 Å². The van der Waals surface area contributed by atoms with Gasteiger partial charge in [-0.3, -0.25) is 4.79 Å². The second kappa shape index (κ2) is 9.61. The number of esters is 1. The molecule has 0 bridgehead atoms. The van der Waals surface area contributed by atoms with Gasteiger partial charge in [0.05, 0.1) is 7.11 Å². The summed E-state index contributed by atoms with van der Waals surface area (Å²) in [6.45, 7) is 3.69. The van der Waals surface area contributed by atoms with Gasteiger partial charge in [0, 0.05) is 0 Å². The van der Waals surface area contributed by atoms with Gasteiger partial charge in [0.25, 0.3) is 5.91 Å². The minimum absolute atomic E-state index is 0.0171. The molecule has 0 heterocycles. The van der Waals surface area contributed by atoms with Crippen molar-refractivity contribution in [1.29, 1.82) is 0 Å². The topological polar surface area (TPSA) is 64.6 Å². The Bertz CT molecular complexity index is 713. The van der Waals surface area contributed by atoms with Crippen molar-refractivity contribution in [2.75, 3.05) is 13.7 Å². The van der Waals surface area contributed by atoms with Crippen LogP contribution in [0.3, 0.4) is 0 Å². The van der Waals surface area contributed by atoms with E-state index in [-0.39, 0.29) is 18.4 Å². The van der Waals surface area contributed by atoms with Crippen molar-refractivity contribution in [2.24, 2.45) is 5.92 Å². The fraction of sp³-hybridized carbons (Fsp3) is 0.333. The maximum atomic E-state index is 12.1. The number of nitrogens with one attached hydrogen (secondary N) is 1. The maximum absolute atomic E-state index is 12.1. The van der Waals surface area contributed by atoms with E-state index in [1.165, 1.54) is 7.11 Å². The Morgan fingerprint density at radius 1 is 1.00 bits per heavy atom. The second-order valence-electron chi connectivity index (χ2n) is 6.13. The standard InChI is InChI=1S/C21H25NO4/c1-4-15(2)20(21(24)25-3)22-19(23)14-26-18-12-10-17(11-13-18)16-8-6-5-7-9-16/h5-13,15,20H,4,14H2,1-3H3,(H,22,23)/t15-,20-/m1/s1. The van der Waals surface area contributed by atoms with Crippen LogP contribution in [0, 0.1) is 5.92 Å². The molecule has 0 saturated carbocycles. The molecule has 0 aliphatic rings. The van der Waals surface area contributed by atoms with E-state index < -0.39 is 12.0 Å². The minimum Gasteiger partial charge on any atom is -0.484 e. The first-order valence-electron chi connectivity index (χ1n) is 8.70. The lowest BCUT2D eigenvalue weighted by Crippen LogP contribution is -2.47. The number of hydrogen-bond donors (Lipinski definition) is 1. The third kappa shape index (κ3) is 5.34. The van der Waals surface area contributed by atoms with Gasteiger partial charge in [-0.15, -0.1) is 0 Å². The molecule has 2 aromatic carbocycles. The van der Waals surface area contributed by atoms with Crippen molar-refractivity contribution in [1.82, 2.24) is 5.32 Å². The number of amides is 1. The molecule has 2 rings (SSSR count). The lowest BCUT2D eigenvalue weighted by Gasteiger charge is -2.21. The summed E-state index contributed by atoms with van der Waals surface area (Å²) >= 11 is 0. The van der Waals surface area contributed by atoms with Gasteiger partial charge >= 0.3 is 5.97 Å². The van der Waals surface area contributed by atoms with Gasteiger partial charge in [0.15, 0.2) is 6.61 Å². The largest absolute Gasteiger partial charge is 0.484 e. The number of carbonyl (C=O) groups is 2. The summed E-state index contributed by atoms with van der Waals surface area (Å²) in [5.41, 5.74) is 2.19. The molecule has 2 aromatic rings. The van der Waals surface area contributed by atoms with Crippen LogP contribution >= 0.6 is 0 Å². The Hall–Kier alpha value is -2.82. The Morgan fingerprint density at radius 3 is 2.19 bits per heavy atom. The molecule has 0 aromatic heterocycles. The van der Waals surface area contributed by atoms with E-state index in [0.717, 1.165) is 17.5 Å². The molecule has 1 N–H and O–H groups in total. The van der Waals surface area contributed by atoms with Gasteiger partial charge in [0.2, 0.25) is 0 Å². The van der Waals surface area contributed by atoms with Crippen molar-refractivity contribution in [3.05, 3.63) is 54.6 Å². The van der Waals surface area contributed by atoms with E-state index in [1.807, 2.05) is 68.4 Å². The Kier molecular flexibility index (Phi) is 7.21. The second-order valence-corrected chi connectivity index (χ2v) is 6.13. The number of carbonyl (C=O) groups excluding carboxylic acids is 2. The molecule has 0 aliphatic heterocycles. The first-order chi connectivity index (χ1) is 12.5. The summed E-state index contributed by atoms with van der Waals surface area (Å²) in [5, 5.41) is 2.69. The summed E-state index contributed by atoms with van der Waals surface area (Å²) in [6.07, 6.45) is 0.752. The molecular weight excluding hydrogens is 330 g/mol. The van der Waals surface area contributed by atoms with Crippen LogP contribution in [0.4, 0.5) is 0 Å². The number of benzene rings is 2. The van der Waals surface area contributed by atoms with Crippen molar-refractivity contribution < 1.29 is 19.1 Å². The molecule has 0 unspecified atom stereocenters. The van der Waals surface area contributed by atoms with Crippen molar-refractivity contribution >= 4 is 11.9 Å². The minimum atomic E-state index is -0.665.